The maximum atomic E-state index is 4.88. The van der Waals surface area contributed by atoms with Crippen molar-refractivity contribution in [1.82, 2.24) is 9.97 Å². The minimum absolute atomic E-state index is 0.0211. The molecule has 0 aliphatic heterocycles. The van der Waals surface area contributed by atoms with Crippen LogP contribution in [0.25, 0.3) is 52.4 Å². The Kier molecular flexibility index (Phi) is 7.12. The van der Waals surface area contributed by atoms with Gasteiger partial charge in [0.15, 0.2) is 0 Å². The molecule has 0 aliphatic carbocycles. The van der Waals surface area contributed by atoms with E-state index in [0.29, 0.717) is 5.92 Å². The van der Waals surface area contributed by atoms with Crippen LogP contribution in [0.4, 0.5) is 0 Å². The monoisotopic (exact) mass is 574 g/mol. The lowest BCUT2D eigenvalue weighted by Gasteiger charge is -2.22. The Morgan fingerprint density at radius 2 is 1.41 bits per heavy atom. The molecule has 0 atom stereocenters. The molecule has 0 amide bonds. The molecule has 3 aromatic heterocycles. The van der Waals surface area contributed by atoms with Gasteiger partial charge in [-0.05, 0) is 94.8 Å². The molecule has 6 aromatic rings. The van der Waals surface area contributed by atoms with Crippen LogP contribution < -0.4 is 0 Å². The Morgan fingerprint density at radius 1 is 0.732 bits per heavy atom. The quantitative estimate of drug-likeness (QED) is 0.205. The molecule has 4 heteroatoms. The van der Waals surface area contributed by atoms with Crippen molar-refractivity contribution in [3.63, 3.8) is 0 Å². The summed E-state index contributed by atoms with van der Waals surface area (Å²) in [6.07, 6.45) is 2.86. The summed E-state index contributed by atoms with van der Waals surface area (Å²) in [5.74, 6) is 0.664. The van der Waals surface area contributed by atoms with Crippen LogP contribution in [0.3, 0.4) is 0 Å². The van der Waals surface area contributed by atoms with E-state index in [1.54, 1.807) is 6.33 Å². The van der Waals surface area contributed by atoms with E-state index in [2.05, 4.69) is 116 Å². The molecule has 0 unspecified atom stereocenters. The van der Waals surface area contributed by atoms with E-state index in [4.69, 9.17) is 9.97 Å². The number of rotatable bonds is 5. The van der Waals surface area contributed by atoms with Crippen molar-refractivity contribution in [1.29, 1.82) is 0 Å². The van der Waals surface area contributed by atoms with Crippen LogP contribution in [-0.2, 0) is 11.8 Å². The zero-order valence-electron chi connectivity index (χ0n) is 25.3. The number of nitrogens with zero attached hydrogens (tertiary/aromatic N) is 2. The molecule has 0 bridgehead atoms. The molecule has 3 aromatic carbocycles. The molecule has 41 heavy (non-hydrogen) atoms. The predicted octanol–water partition coefficient (Wildman–Crippen LogP) is 11.3. The summed E-state index contributed by atoms with van der Waals surface area (Å²) in [5, 5.41) is 2.57. The normalized spacial score (nSPS) is 12.2. The molecule has 0 fully saturated rings. The zero-order valence-corrected chi connectivity index (χ0v) is 27.0. The Labute approximate surface area is 252 Å². The van der Waals surface area contributed by atoms with Gasteiger partial charge in [-0.1, -0.05) is 83.1 Å². The maximum Gasteiger partial charge on any atom is 0.116 e. The third-order valence-electron chi connectivity index (χ3n) is 8.16. The summed E-state index contributed by atoms with van der Waals surface area (Å²) in [5.41, 5.74) is 11.3. The van der Waals surface area contributed by atoms with E-state index in [1.165, 1.54) is 63.5 Å². The van der Waals surface area contributed by atoms with E-state index >= 15 is 0 Å². The minimum Gasteiger partial charge on any atom is -0.235 e. The molecular weight excluding hydrogens is 537 g/mol. The number of fused-ring (bicyclic) bond motifs is 2. The van der Waals surface area contributed by atoms with Gasteiger partial charge in [0, 0.05) is 15.3 Å². The molecule has 0 aliphatic rings. The Bertz CT molecular complexity index is 1900. The number of hydrogen-bond acceptors (Lipinski definition) is 4. The van der Waals surface area contributed by atoms with Crippen molar-refractivity contribution in [3.8, 4) is 31.5 Å². The second-order valence-corrected chi connectivity index (χ2v) is 14.8. The van der Waals surface area contributed by atoms with E-state index < -0.39 is 0 Å². The lowest BCUT2D eigenvalue weighted by atomic mass is 9.82. The van der Waals surface area contributed by atoms with Crippen LogP contribution in [0.5, 0.6) is 0 Å². The highest BCUT2D eigenvalue weighted by atomic mass is 32.1. The van der Waals surface area contributed by atoms with Crippen molar-refractivity contribution < 1.29 is 0 Å². The summed E-state index contributed by atoms with van der Waals surface area (Å²) >= 11 is 3.76. The van der Waals surface area contributed by atoms with Crippen molar-refractivity contribution in [2.75, 3.05) is 0 Å². The lowest BCUT2D eigenvalue weighted by molar-refractivity contribution is 0.596. The lowest BCUT2D eigenvalue weighted by Crippen LogP contribution is -2.12. The first kappa shape index (κ1) is 27.8. The largest absolute Gasteiger partial charge is 0.235 e. The average molecular weight is 575 g/mol. The van der Waals surface area contributed by atoms with Gasteiger partial charge in [-0.3, -0.25) is 0 Å². The molecule has 0 radical (unpaired) electrons. The van der Waals surface area contributed by atoms with E-state index in [9.17, 15) is 0 Å². The van der Waals surface area contributed by atoms with Gasteiger partial charge in [-0.2, -0.15) is 0 Å². The third kappa shape index (κ3) is 5.02. The van der Waals surface area contributed by atoms with Crippen molar-refractivity contribution in [2.24, 2.45) is 5.92 Å². The fraction of sp³-hybridized carbons (Fsp3) is 0.297. The van der Waals surface area contributed by atoms with Gasteiger partial charge in [-0.15, -0.1) is 22.7 Å². The summed E-state index contributed by atoms with van der Waals surface area (Å²) in [7, 11) is 0. The van der Waals surface area contributed by atoms with E-state index in [0.717, 1.165) is 23.2 Å². The first-order chi connectivity index (χ1) is 19.5. The second-order valence-electron chi connectivity index (χ2n) is 12.8. The van der Waals surface area contributed by atoms with Crippen LogP contribution in [0, 0.1) is 26.7 Å². The smallest absolute Gasteiger partial charge is 0.116 e. The molecule has 0 N–H and O–H groups in total. The minimum atomic E-state index is 0.0211. The Morgan fingerprint density at radius 3 is 2.12 bits per heavy atom. The molecule has 6 rings (SSSR count). The molecule has 0 saturated heterocycles. The number of aryl methyl sites for hydroxylation is 1. The maximum absolute atomic E-state index is 4.88. The van der Waals surface area contributed by atoms with Crippen LogP contribution in [-0.4, -0.2) is 9.97 Å². The summed E-state index contributed by atoms with van der Waals surface area (Å²) in [6, 6.07) is 22.5. The van der Waals surface area contributed by atoms with Crippen LogP contribution in [0.2, 0.25) is 0 Å². The Hall–Kier alpha value is -3.34. The van der Waals surface area contributed by atoms with Gasteiger partial charge in [0.05, 0.1) is 20.8 Å². The van der Waals surface area contributed by atoms with Gasteiger partial charge in [0.1, 0.15) is 6.33 Å². The van der Waals surface area contributed by atoms with Gasteiger partial charge in [0.25, 0.3) is 0 Å². The molecule has 0 spiro atoms. The zero-order chi connectivity index (χ0) is 29.1. The first-order valence-electron chi connectivity index (χ1n) is 14.5. The average Bonchev–Trinajstić information content (AvgIpc) is 3.43. The van der Waals surface area contributed by atoms with Gasteiger partial charge in [0.2, 0.25) is 0 Å². The van der Waals surface area contributed by atoms with Crippen LogP contribution in [0.15, 0.2) is 67.0 Å². The highest BCUT2D eigenvalue weighted by molar-refractivity contribution is 7.27. The highest BCUT2D eigenvalue weighted by Gasteiger charge is 2.23. The van der Waals surface area contributed by atoms with Crippen LogP contribution in [0.1, 0.15) is 62.4 Å². The SMILES string of the molecule is Cc1c(-c2ccc(CC(C)C)cc2)sc(-c2sc3c(-c4cc(C(C)(C)C)c5ccccc5c4)ncnc3c2C)c1C. The number of aromatic nitrogens is 2. The summed E-state index contributed by atoms with van der Waals surface area (Å²) < 4.78 is 1.17. The third-order valence-corrected chi connectivity index (χ3v) is 11.1. The topological polar surface area (TPSA) is 25.8 Å². The van der Waals surface area contributed by atoms with Crippen molar-refractivity contribution in [3.05, 3.63) is 94.8 Å². The van der Waals surface area contributed by atoms with Crippen molar-refractivity contribution in [2.45, 2.75) is 67.2 Å². The van der Waals surface area contributed by atoms with Gasteiger partial charge in [-0.25, -0.2) is 9.97 Å². The van der Waals surface area contributed by atoms with E-state index in [1.807, 2.05) is 22.7 Å². The fourth-order valence-electron chi connectivity index (χ4n) is 5.87. The van der Waals surface area contributed by atoms with Gasteiger partial charge < -0.3 is 0 Å². The molecular formula is C37H38N2S2. The van der Waals surface area contributed by atoms with Crippen molar-refractivity contribution >= 4 is 43.7 Å². The number of thiophene rings is 2. The molecule has 3 heterocycles. The molecule has 208 valence electrons. The summed E-state index contributed by atoms with van der Waals surface area (Å²) in [6.45, 7) is 18.2. The van der Waals surface area contributed by atoms with Crippen LogP contribution >= 0.6 is 22.7 Å². The number of benzene rings is 3. The van der Waals surface area contributed by atoms with E-state index in [-0.39, 0.29) is 5.41 Å². The number of hydrogen-bond donors (Lipinski definition) is 0. The Balaban J connectivity index is 1.49. The second kappa shape index (κ2) is 10.5. The molecule has 2 nitrogen and oxygen atoms in total. The predicted molar refractivity (Wildman–Crippen MR) is 181 cm³/mol. The standard InChI is InChI=1S/C37H38N2S2/c1-21(2)17-25-13-15-26(16-14-25)33-22(3)23(4)34(40-33)35-24(5)31-36(41-35)32(39-20-38-31)28-18-27-11-9-10-12-29(27)30(19-28)37(6,7)8/h9-16,18-21H,17H2,1-8H3. The fourth-order valence-corrected chi connectivity index (χ4v) is 8.70. The van der Waals surface area contributed by atoms with Gasteiger partial charge >= 0.3 is 0 Å². The first-order valence-corrected chi connectivity index (χ1v) is 16.1. The highest BCUT2D eigenvalue weighted by Crippen LogP contribution is 2.48. The molecule has 0 saturated carbocycles. The summed E-state index contributed by atoms with van der Waals surface area (Å²) in [4.78, 5) is 13.7.